The van der Waals surface area contributed by atoms with Crippen LogP contribution in [0.3, 0.4) is 0 Å². The van der Waals surface area contributed by atoms with E-state index in [0.717, 1.165) is 28.4 Å². The van der Waals surface area contributed by atoms with Crippen molar-refractivity contribution in [3.63, 3.8) is 0 Å². The molecule has 3 nitrogen and oxygen atoms in total. The minimum atomic E-state index is 0.430. The monoisotopic (exact) mass is 303 g/mol. The maximum atomic E-state index is 5.90. The number of nitrogens with zero attached hydrogens (tertiary/aromatic N) is 1. The molecule has 0 aliphatic heterocycles. The second-order valence-electron chi connectivity index (χ2n) is 4.51. The molecule has 4 heteroatoms. The Labute approximate surface area is 114 Å². The fourth-order valence-corrected chi connectivity index (χ4v) is 2.42. The van der Waals surface area contributed by atoms with Crippen molar-refractivity contribution in [2.75, 3.05) is 5.32 Å². The van der Waals surface area contributed by atoms with Crippen LogP contribution in [0.4, 0.5) is 5.69 Å². The third kappa shape index (κ3) is 2.34. The molecule has 0 amide bonds. The van der Waals surface area contributed by atoms with Crippen molar-refractivity contribution in [1.29, 1.82) is 0 Å². The van der Waals surface area contributed by atoms with Crippen LogP contribution < -0.4 is 11.1 Å². The Hall–Kier alpha value is -1.55. The summed E-state index contributed by atoms with van der Waals surface area (Å²) in [4.78, 5) is 4.38. The van der Waals surface area contributed by atoms with E-state index in [-0.39, 0.29) is 0 Å². The van der Waals surface area contributed by atoms with Crippen LogP contribution >= 0.6 is 15.9 Å². The molecule has 3 N–H and O–H groups in total. The van der Waals surface area contributed by atoms with Crippen LogP contribution in [-0.4, -0.2) is 12.0 Å². The van der Waals surface area contributed by atoms with Crippen LogP contribution in [0.2, 0.25) is 0 Å². The molecule has 92 valence electrons. The van der Waals surface area contributed by atoms with Gasteiger partial charge < -0.3 is 11.1 Å². The van der Waals surface area contributed by atoms with E-state index < -0.39 is 0 Å². The summed E-state index contributed by atoms with van der Waals surface area (Å²) < 4.78 is 1.08. The van der Waals surface area contributed by atoms with Crippen molar-refractivity contribution in [3.8, 4) is 0 Å². The second kappa shape index (κ2) is 4.61. The Morgan fingerprint density at radius 1 is 1.17 bits per heavy atom. The first-order chi connectivity index (χ1) is 8.74. The highest BCUT2D eigenvalue weighted by Crippen LogP contribution is 2.30. The second-order valence-corrected chi connectivity index (χ2v) is 5.37. The molecular weight excluding hydrogens is 290 g/mol. The standard InChI is InChI=1S/C14H14BrN3/c15-12-7-8-13(11-4-2-1-3-10(11)12)18-14(16)17-9-5-6-9/h1-4,7-9H,5-6H2,(H3,16,17,18). The van der Waals surface area contributed by atoms with Gasteiger partial charge >= 0.3 is 0 Å². The Balaban J connectivity index is 1.98. The minimum absolute atomic E-state index is 0.430. The van der Waals surface area contributed by atoms with Gasteiger partial charge in [0.05, 0.1) is 6.04 Å². The molecule has 3 rings (SSSR count). The molecule has 1 saturated carbocycles. The van der Waals surface area contributed by atoms with Crippen molar-refractivity contribution in [2.24, 2.45) is 10.7 Å². The smallest absolute Gasteiger partial charge is 0.193 e. The fraction of sp³-hybridized carbons (Fsp3) is 0.214. The summed E-state index contributed by atoms with van der Waals surface area (Å²) in [7, 11) is 0. The lowest BCUT2D eigenvalue weighted by atomic mass is 10.1. The lowest BCUT2D eigenvalue weighted by molar-refractivity contribution is 1.06. The zero-order valence-corrected chi connectivity index (χ0v) is 11.4. The number of nitrogens with one attached hydrogen (secondary N) is 1. The summed E-state index contributed by atoms with van der Waals surface area (Å²) in [6.07, 6.45) is 2.31. The van der Waals surface area contributed by atoms with Crippen LogP contribution in [0, 0.1) is 0 Å². The van der Waals surface area contributed by atoms with E-state index in [4.69, 9.17) is 5.73 Å². The van der Waals surface area contributed by atoms with Crippen LogP contribution in [0.1, 0.15) is 12.8 Å². The number of hydrogen-bond donors (Lipinski definition) is 2. The number of anilines is 1. The molecule has 1 aliphatic carbocycles. The van der Waals surface area contributed by atoms with Gasteiger partial charge in [-0.1, -0.05) is 40.2 Å². The first-order valence-electron chi connectivity index (χ1n) is 6.01. The Kier molecular flexibility index (Phi) is 2.96. The summed E-state index contributed by atoms with van der Waals surface area (Å²) in [6.45, 7) is 0. The first kappa shape index (κ1) is 11.5. The summed E-state index contributed by atoms with van der Waals surface area (Å²) in [5, 5.41) is 5.50. The summed E-state index contributed by atoms with van der Waals surface area (Å²) in [5.41, 5.74) is 6.90. The maximum absolute atomic E-state index is 5.90. The van der Waals surface area contributed by atoms with Crippen molar-refractivity contribution < 1.29 is 0 Å². The predicted octanol–water partition coefficient (Wildman–Crippen LogP) is 3.49. The van der Waals surface area contributed by atoms with E-state index in [1.54, 1.807) is 0 Å². The molecular formula is C14H14BrN3. The molecule has 0 saturated heterocycles. The Bertz CT molecular complexity index is 617. The zero-order chi connectivity index (χ0) is 12.5. The molecule has 0 unspecified atom stereocenters. The van der Waals surface area contributed by atoms with E-state index in [9.17, 15) is 0 Å². The average molecular weight is 304 g/mol. The molecule has 0 radical (unpaired) electrons. The molecule has 1 aliphatic rings. The topological polar surface area (TPSA) is 50.4 Å². The molecule has 0 atom stereocenters. The van der Waals surface area contributed by atoms with E-state index in [0.29, 0.717) is 12.0 Å². The lowest BCUT2D eigenvalue weighted by Crippen LogP contribution is -2.23. The van der Waals surface area contributed by atoms with E-state index in [1.165, 1.54) is 5.39 Å². The van der Waals surface area contributed by atoms with Gasteiger partial charge in [-0.3, -0.25) is 0 Å². The van der Waals surface area contributed by atoms with Crippen LogP contribution in [0.25, 0.3) is 10.8 Å². The van der Waals surface area contributed by atoms with Crippen molar-refractivity contribution in [2.45, 2.75) is 18.9 Å². The number of rotatable bonds is 2. The highest BCUT2D eigenvalue weighted by atomic mass is 79.9. The van der Waals surface area contributed by atoms with Gasteiger partial charge in [0.2, 0.25) is 0 Å². The fourth-order valence-electron chi connectivity index (χ4n) is 1.94. The zero-order valence-electron chi connectivity index (χ0n) is 9.86. The molecule has 0 heterocycles. The third-order valence-corrected chi connectivity index (χ3v) is 3.69. The first-order valence-corrected chi connectivity index (χ1v) is 6.81. The SMILES string of the molecule is NC(=NC1CC1)Nc1ccc(Br)c2ccccc12. The third-order valence-electron chi connectivity index (χ3n) is 3.00. The number of guanidine groups is 1. The normalized spacial score (nSPS) is 15.9. The highest BCUT2D eigenvalue weighted by molar-refractivity contribution is 9.10. The molecule has 2 aromatic carbocycles. The van der Waals surface area contributed by atoms with E-state index >= 15 is 0 Å². The van der Waals surface area contributed by atoms with Gasteiger partial charge in [0.25, 0.3) is 0 Å². The molecule has 0 bridgehead atoms. The highest BCUT2D eigenvalue weighted by Gasteiger charge is 2.20. The predicted molar refractivity (Wildman–Crippen MR) is 79.9 cm³/mol. The van der Waals surface area contributed by atoms with Gasteiger partial charge in [-0.2, -0.15) is 0 Å². The number of hydrogen-bond acceptors (Lipinski definition) is 1. The van der Waals surface area contributed by atoms with Crippen molar-refractivity contribution >= 4 is 38.3 Å². The van der Waals surface area contributed by atoms with E-state index in [2.05, 4.69) is 38.4 Å². The summed E-state index contributed by atoms with van der Waals surface area (Å²) >= 11 is 3.56. The molecule has 1 fully saturated rings. The van der Waals surface area contributed by atoms with E-state index in [1.807, 2.05) is 24.3 Å². The van der Waals surface area contributed by atoms with Crippen LogP contribution in [0.5, 0.6) is 0 Å². The summed E-state index contributed by atoms with van der Waals surface area (Å²) in [6, 6.07) is 12.7. The van der Waals surface area contributed by atoms with Gasteiger partial charge in [-0.15, -0.1) is 0 Å². The largest absolute Gasteiger partial charge is 0.370 e. The quantitative estimate of drug-likeness (QED) is 0.659. The lowest BCUT2D eigenvalue weighted by Gasteiger charge is -2.10. The summed E-state index contributed by atoms with van der Waals surface area (Å²) in [5.74, 6) is 0.505. The number of nitrogens with two attached hydrogens (primary N) is 1. The van der Waals surface area contributed by atoms with Gasteiger partial charge in [-0.25, -0.2) is 4.99 Å². The molecule has 0 spiro atoms. The Morgan fingerprint density at radius 2 is 1.89 bits per heavy atom. The molecule has 0 aromatic heterocycles. The number of halogens is 1. The van der Waals surface area contributed by atoms with Gasteiger partial charge in [-0.05, 0) is 30.4 Å². The van der Waals surface area contributed by atoms with Gasteiger partial charge in [0.15, 0.2) is 5.96 Å². The number of benzene rings is 2. The molecule has 2 aromatic rings. The average Bonchev–Trinajstić information content (AvgIpc) is 3.17. The van der Waals surface area contributed by atoms with Gasteiger partial charge in [0, 0.05) is 15.5 Å². The number of fused-ring (bicyclic) bond motifs is 1. The van der Waals surface area contributed by atoms with Crippen LogP contribution in [-0.2, 0) is 0 Å². The van der Waals surface area contributed by atoms with Crippen LogP contribution in [0.15, 0.2) is 45.9 Å². The molecule has 18 heavy (non-hydrogen) atoms. The van der Waals surface area contributed by atoms with Crippen molar-refractivity contribution in [3.05, 3.63) is 40.9 Å². The van der Waals surface area contributed by atoms with Crippen molar-refractivity contribution in [1.82, 2.24) is 0 Å². The minimum Gasteiger partial charge on any atom is -0.370 e. The number of aliphatic imine (C=N–C) groups is 1. The maximum Gasteiger partial charge on any atom is 0.193 e. The Morgan fingerprint density at radius 3 is 2.61 bits per heavy atom. The van der Waals surface area contributed by atoms with Gasteiger partial charge in [0.1, 0.15) is 0 Å².